The van der Waals surface area contributed by atoms with Crippen molar-refractivity contribution in [1.82, 2.24) is 5.32 Å². The SMILES string of the molecule is Cc1cc2c(cc1C)OC(C(=O)NCC#N)C2. The molecular formula is C13H14N2O2. The minimum absolute atomic E-state index is 0.0209. The molecular weight excluding hydrogens is 216 g/mol. The molecule has 0 aromatic heterocycles. The van der Waals surface area contributed by atoms with Crippen molar-refractivity contribution in [2.75, 3.05) is 6.54 Å². The minimum Gasteiger partial charge on any atom is -0.480 e. The second kappa shape index (κ2) is 4.46. The first kappa shape index (κ1) is 11.5. The number of nitrogens with zero attached hydrogens (tertiary/aromatic N) is 1. The minimum atomic E-state index is -0.500. The molecule has 1 aromatic rings. The van der Waals surface area contributed by atoms with Crippen LogP contribution < -0.4 is 10.1 Å². The van der Waals surface area contributed by atoms with E-state index < -0.39 is 6.10 Å². The van der Waals surface area contributed by atoms with Gasteiger partial charge < -0.3 is 10.1 Å². The highest BCUT2D eigenvalue weighted by molar-refractivity contribution is 5.82. The first-order chi connectivity index (χ1) is 8.11. The standard InChI is InChI=1S/C13H14N2O2/c1-8-5-10-7-12(13(16)15-4-3-14)17-11(10)6-9(8)2/h5-6,12H,4,7H2,1-2H3,(H,15,16). The van der Waals surface area contributed by atoms with E-state index >= 15 is 0 Å². The van der Waals surface area contributed by atoms with Gasteiger partial charge in [0.1, 0.15) is 12.3 Å². The third-order valence-corrected chi connectivity index (χ3v) is 2.99. The lowest BCUT2D eigenvalue weighted by molar-refractivity contribution is -0.126. The molecule has 0 aliphatic carbocycles. The maximum Gasteiger partial charge on any atom is 0.262 e. The van der Waals surface area contributed by atoms with E-state index in [1.807, 2.05) is 26.0 Å². The molecule has 0 fully saturated rings. The van der Waals surface area contributed by atoms with Crippen molar-refractivity contribution < 1.29 is 9.53 Å². The van der Waals surface area contributed by atoms with Gasteiger partial charge in [-0.05, 0) is 36.6 Å². The number of rotatable bonds is 2. The molecule has 0 spiro atoms. The van der Waals surface area contributed by atoms with Crippen LogP contribution >= 0.6 is 0 Å². The van der Waals surface area contributed by atoms with Gasteiger partial charge in [-0.3, -0.25) is 4.79 Å². The second-order valence-electron chi connectivity index (χ2n) is 4.23. The van der Waals surface area contributed by atoms with Crippen LogP contribution in [-0.4, -0.2) is 18.6 Å². The van der Waals surface area contributed by atoms with E-state index in [4.69, 9.17) is 10.00 Å². The maximum absolute atomic E-state index is 11.7. The van der Waals surface area contributed by atoms with E-state index in [0.717, 1.165) is 16.9 Å². The van der Waals surface area contributed by atoms with Gasteiger partial charge in [-0.1, -0.05) is 6.07 Å². The molecule has 1 heterocycles. The van der Waals surface area contributed by atoms with Crippen LogP contribution in [0.15, 0.2) is 12.1 Å². The molecule has 4 heteroatoms. The number of hydrogen-bond donors (Lipinski definition) is 1. The Hall–Kier alpha value is -2.02. The van der Waals surface area contributed by atoms with Crippen LogP contribution in [-0.2, 0) is 11.2 Å². The zero-order valence-electron chi connectivity index (χ0n) is 9.91. The van der Waals surface area contributed by atoms with Gasteiger partial charge in [0, 0.05) is 6.42 Å². The van der Waals surface area contributed by atoms with Crippen molar-refractivity contribution in [1.29, 1.82) is 5.26 Å². The summed E-state index contributed by atoms with van der Waals surface area (Å²) in [5.74, 6) is 0.559. The van der Waals surface area contributed by atoms with Gasteiger partial charge in [-0.25, -0.2) is 0 Å². The fraction of sp³-hybridized carbons (Fsp3) is 0.385. The molecule has 1 aliphatic rings. The van der Waals surface area contributed by atoms with Gasteiger partial charge >= 0.3 is 0 Å². The third-order valence-electron chi connectivity index (χ3n) is 2.99. The molecule has 2 rings (SSSR count). The van der Waals surface area contributed by atoms with Gasteiger partial charge in [-0.2, -0.15) is 5.26 Å². The maximum atomic E-state index is 11.7. The number of hydrogen-bond acceptors (Lipinski definition) is 3. The van der Waals surface area contributed by atoms with E-state index in [-0.39, 0.29) is 12.5 Å². The summed E-state index contributed by atoms with van der Waals surface area (Å²) < 4.78 is 5.58. The molecule has 1 unspecified atom stereocenters. The summed E-state index contributed by atoms with van der Waals surface area (Å²) in [7, 11) is 0. The smallest absolute Gasteiger partial charge is 0.262 e. The molecule has 1 aliphatic heterocycles. The number of amides is 1. The van der Waals surface area contributed by atoms with Crippen molar-refractivity contribution in [3.63, 3.8) is 0 Å². The van der Waals surface area contributed by atoms with E-state index in [2.05, 4.69) is 11.4 Å². The monoisotopic (exact) mass is 230 g/mol. The van der Waals surface area contributed by atoms with Crippen LogP contribution in [0.25, 0.3) is 0 Å². The first-order valence-electron chi connectivity index (χ1n) is 5.53. The lowest BCUT2D eigenvalue weighted by atomic mass is 10.0. The van der Waals surface area contributed by atoms with Crippen molar-refractivity contribution >= 4 is 5.91 Å². The highest BCUT2D eigenvalue weighted by Gasteiger charge is 2.29. The number of nitrogens with one attached hydrogen (secondary N) is 1. The third kappa shape index (κ3) is 2.23. The predicted octanol–water partition coefficient (Wildman–Crippen LogP) is 1.25. The molecule has 1 aromatic carbocycles. The van der Waals surface area contributed by atoms with Crippen LogP contribution in [0.1, 0.15) is 16.7 Å². The molecule has 1 amide bonds. The van der Waals surface area contributed by atoms with Gasteiger partial charge in [-0.15, -0.1) is 0 Å². The van der Waals surface area contributed by atoms with E-state index in [1.165, 1.54) is 5.56 Å². The summed E-state index contributed by atoms with van der Waals surface area (Å²) in [5.41, 5.74) is 3.41. The number of carbonyl (C=O) groups excluding carboxylic acids is 1. The summed E-state index contributed by atoms with van der Waals surface area (Å²) in [6, 6.07) is 5.89. The van der Waals surface area contributed by atoms with Gasteiger partial charge in [0.2, 0.25) is 0 Å². The highest BCUT2D eigenvalue weighted by Crippen LogP contribution is 2.31. The fourth-order valence-electron chi connectivity index (χ4n) is 1.90. The average molecular weight is 230 g/mol. The van der Waals surface area contributed by atoms with Crippen LogP contribution in [0.2, 0.25) is 0 Å². The number of carbonyl (C=O) groups is 1. The lowest BCUT2D eigenvalue weighted by Crippen LogP contribution is -2.37. The molecule has 0 saturated heterocycles. The summed E-state index contributed by atoms with van der Waals surface area (Å²) in [6.45, 7) is 4.08. The van der Waals surface area contributed by atoms with Crippen LogP contribution in [0.4, 0.5) is 0 Å². The average Bonchev–Trinajstić information content (AvgIpc) is 2.69. The number of ether oxygens (including phenoxy) is 1. The van der Waals surface area contributed by atoms with Crippen LogP contribution in [0.3, 0.4) is 0 Å². The van der Waals surface area contributed by atoms with Gasteiger partial charge in [0.25, 0.3) is 5.91 Å². The summed E-state index contributed by atoms with van der Waals surface area (Å²) in [5, 5.41) is 10.9. The second-order valence-corrected chi connectivity index (χ2v) is 4.23. The predicted molar refractivity (Wildman–Crippen MR) is 62.7 cm³/mol. The number of fused-ring (bicyclic) bond motifs is 1. The molecule has 0 saturated carbocycles. The quantitative estimate of drug-likeness (QED) is 0.778. The Morgan fingerprint density at radius 2 is 2.24 bits per heavy atom. The lowest BCUT2D eigenvalue weighted by Gasteiger charge is -2.09. The van der Waals surface area contributed by atoms with Crippen LogP contribution in [0.5, 0.6) is 5.75 Å². The molecule has 4 nitrogen and oxygen atoms in total. The number of aryl methyl sites for hydroxylation is 2. The highest BCUT2D eigenvalue weighted by atomic mass is 16.5. The number of benzene rings is 1. The summed E-state index contributed by atoms with van der Waals surface area (Å²) in [6.07, 6.45) is 0.0767. The Morgan fingerprint density at radius 3 is 2.94 bits per heavy atom. The summed E-state index contributed by atoms with van der Waals surface area (Å²) in [4.78, 5) is 11.7. The summed E-state index contributed by atoms with van der Waals surface area (Å²) >= 11 is 0. The largest absolute Gasteiger partial charge is 0.480 e. The fourth-order valence-corrected chi connectivity index (χ4v) is 1.90. The topological polar surface area (TPSA) is 62.1 Å². The van der Waals surface area contributed by atoms with Crippen molar-refractivity contribution in [2.45, 2.75) is 26.4 Å². The van der Waals surface area contributed by atoms with Crippen molar-refractivity contribution in [2.24, 2.45) is 0 Å². The first-order valence-corrected chi connectivity index (χ1v) is 5.53. The van der Waals surface area contributed by atoms with Crippen LogP contribution in [0, 0.1) is 25.2 Å². The van der Waals surface area contributed by atoms with Crippen molar-refractivity contribution in [3.05, 3.63) is 28.8 Å². The Bertz CT molecular complexity index is 472. The normalized spacial score (nSPS) is 16.9. The zero-order chi connectivity index (χ0) is 12.4. The van der Waals surface area contributed by atoms with Gasteiger partial charge in [0.05, 0.1) is 6.07 Å². The Morgan fingerprint density at radius 1 is 1.53 bits per heavy atom. The van der Waals surface area contributed by atoms with E-state index in [9.17, 15) is 4.79 Å². The Labute approximate surface area is 100 Å². The number of nitriles is 1. The molecule has 88 valence electrons. The molecule has 1 atom stereocenters. The molecule has 1 N–H and O–H groups in total. The van der Waals surface area contributed by atoms with E-state index in [0.29, 0.717) is 6.42 Å². The molecule has 0 bridgehead atoms. The van der Waals surface area contributed by atoms with E-state index in [1.54, 1.807) is 0 Å². The molecule has 17 heavy (non-hydrogen) atoms. The molecule has 0 radical (unpaired) electrons. The Balaban J connectivity index is 2.11. The zero-order valence-corrected chi connectivity index (χ0v) is 9.91. The Kier molecular flexibility index (Phi) is 3.01. The van der Waals surface area contributed by atoms with Crippen molar-refractivity contribution in [3.8, 4) is 11.8 Å². The van der Waals surface area contributed by atoms with Gasteiger partial charge in [0.15, 0.2) is 6.10 Å².